The molecule has 4 heteroatoms. The van der Waals surface area contributed by atoms with Gasteiger partial charge in [-0.05, 0) is 42.4 Å². The Morgan fingerprint density at radius 1 is 1.11 bits per heavy atom. The minimum Gasteiger partial charge on any atom is -0.312 e. The van der Waals surface area contributed by atoms with E-state index in [2.05, 4.69) is 12.2 Å². The zero-order valence-electron chi connectivity index (χ0n) is 11.2. The van der Waals surface area contributed by atoms with E-state index in [1.807, 2.05) is 0 Å². The molecule has 1 nitrogen and oxygen atoms in total. The average molecular weight is 271 g/mol. The molecule has 0 bridgehead atoms. The van der Waals surface area contributed by atoms with Crippen molar-refractivity contribution in [2.45, 2.75) is 45.6 Å². The maximum Gasteiger partial charge on any atom is 0.194 e. The molecule has 0 heterocycles. The first-order valence-electron chi connectivity index (χ1n) is 6.90. The lowest BCUT2D eigenvalue weighted by molar-refractivity contribution is 0.268. The number of hydrogen-bond donors (Lipinski definition) is 1. The first-order valence-corrected chi connectivity index (χ1v) is 6.90. The van der Waals surface area contributed by atoms with Gasteiger partial charge in [0.2, 0.25) is 0 Å². The van der Waals surface area contributed by atoms with Gasteiger partial charge in [0.25, 0.3) is 0 Å². The number of hydrogen-bond acceptors (Lipinski definition) is 1. The molecule has 2 rings (SSSR count). The molecule has 0 atom stereocenters. The van der Waals surface area contributed by atoms with Crippen LogP contribution in [0.15, 0.2) is 12.1 Å². The molecule has 1 saturated carbocycles. The second kappa shape index (κ2) is 5.95. The molecule has 1 aliphatic rings. The summed E-state index contributed by atoms with van der Waals surface area (Å²) in [5.74, 6) is -3.64. The standard InChI is InChI=1S/C15H20F3N/c1-2-15(5-3-4-6-15)10-19-9-11-7-12(16)14(18)13(17)8-11/h7-8,19H,2-6,9-10H2,1H3. The summed E-state index contributed by atoms with van der Waals surface area (Å²) < 4.78 is 39.0. The van der Waals surface area contributed by atoms with Crippen LogP contribution in [0.25, 0.3) is 0 Å². The van der Waals surface area contributed by atoms with Crippen molar-refractivity contribution in [1.82, 2.24) is 5.32 Å². The van der Waals surface area contributed by atoms with Gasteiger partial charge in [0.05, 0.1) is 0 Å². The molecule has 0 spiro atoms. The van der Waals surface area contributed by atoms with Crippen LogP contribution < -0.4 is 5.32 Å². The van der Waals surface area contributed by atoms with Gasteiger partial charge < -0.3 is 5.32 Å². The van der Waals surface area contributed by atoms with Crippen molar-refractivity contribution in [3.8, 4) is 0 Å². The van der Waals surface area contributed by atoms with E-state index in [9.17, 15) is 13.2 Å². The number of benzene rings is 1. The van der Waals surface area contributed by atoms with Gasteiger partial charge in [0.1, 0.15) is 0 Å². The molecule has 1 N–H and O–H groups in total. The Balaban J connectivity index is 1.92. The maximum absolute atomic E-state index is 13.1. The molecule has 1 aromatic carbocycles. The predicted molar refractivity (Wildman–Crippen MR) is 69.2 cm³/mol. The van der Waals surface area contributed by atoms with Gasteiger partial charge >= 0.3 is 0 Å². The Morgan fingerprint density at radius 3 is 2.21 bits per heavy atom. The van der Waals surface area contributed by atoms with Crippen molar-refractivity contribution in [3.63, 3.8) is 0 Å². The quantitative estimate of drug-likeness (QED) is 0.793. The Morgan fingerprint density at radius 2 is 1.68 bits per heavy atom. The second-order valence-electron chi connectivity index (χ2n) is 5.54. The van der Waals surface area contributed by atoms with Crippen LogP contribution in [-0.4, -0.2) is 6.54 Å². The van der Waals surface area contributed by atoms with Crippen LogP contribution in [0.2, 0.25) is 0 Å². The molecule has 106 valence electrons. The molecule has 0 amide bonds. The summed E-state index contributed by atoms with van der Waals surface area (Å²) in [4.78, 5) is 0. The fourth-order valence-electron chi connectivity index (χ4n) is 2.96. The zero-order valence-corrected chi connectivity index (χ0v) is 11.2. The molecular weight excluding hydrogens is 251 g/mol. The Hall–Kier alpha value is -1.03. The van der Waals surface area contributed by atoms with Gasteiger partial charge in [-0.3, -0.25) is 0 Å². The van der Waals surface area contributed by atoms with E-state index in [1.165, 1.54) is 25.7 Å². The topological polar surface area (TPSA) is 12.0 Å². The van der Waals surface area contributed by atoms with Crippen molar-refractivity contribution >= 4 is 0 Å². The molecule has 1 fully saturated rings. The lowest BCUT2D eigenvalue weighted by atomic mass is 9.83. The molecule has 0 aromatic heterocycles. The Kier molecular flexibility index (Phi) is 4.50. The van der Waals surface area contributed by atoms with E-state index >= 15 is 0 Å². The van der Waals surface area contributed by atoms with Crippen molar-refractivity contribution in [2.75, 3.05) is 6.54 Å². The highest BCUT2D eigenvalue weighted by Crippen LogP contribution is 2.40. The van der Waals surface area contributed by atoms with Crippen LogP contribution in [0.1, 0.15) is 44.6 Å². The van der Waals surface area contributed by atoms with Gasteiger partial charge in [-0.2, -0.15) is 0 Å². The summed E-state index contributed by atoms with van der Waals surface area (Å²) in [5, 5.41) is 3.25. The van der Waals surface area contributed by atoms with E-state index in [-0.39, 0.29) is 0 Å². The minimum atomic E-state index is -1.40. The molecular formula is C15H20F3N. The van der Waals surface area contributed by atoms with Crippen LogP contribution >= 0.6 is 0 Å². The third kappa shape index (κ3) is 3.30. The van der Waals surface area contributed by atoms with Crippen LogP contribution in [-0.2, 0) is 6.54 Å². The van der Waals surface area contributed by atoms with Crippen LogP contribution in [0, 0.1) is 22.9 Å². The summed E-state index contributed by atoms with van der Waals surface area (Å²) in [6.07, 6.45) is 6.06. The molecule has 0 aliphatic heterocycles. The number of halogens is 3. The summed E-state index contributed by atoms with van der Waals surface area (Å²) in [5.41, 5.74) is 0.776. The summed E-state index contributed by atoms with van der Waals surface area (Å²) in [6.45, 7) is 3.41. The molecule has 0 radical (unpaired) electrons. The average Bonchev–Trinajstić information content (AvgIpc) is 2.85. The fourth-order valence-corrected chi connectivity index (χ4v) is 2.96. The largest absolute Gasteiger partial charge is 0.312 e. The minimum absolute atomic E-state index is 0.330. The van der Waals surface area contributed by atoms with E-state index in [4.69, 9.17) is 0 Å². The van der Waals surface area contributed by atoms with E-state index < -0.39 is 17.5 Å². The van der Waals surface area contributed by atoms with E-state index in [0.29, 0.717) is 17.5 Å². The highest BCUT2D eigenvalue weighted by molar-refractivity contribution is 5.19. The fraction of sp³-hybridized carbons (Fsp3) is 0.600. The van der Waals surface area contributed by atoms with E-state index in [0.717, 1.165) is 25.1 Å². The summed E-state index contributed by atoms with van der Waals surface area (Å²) >= 11 is 0. The maximum atomic E-state index is 13.1. The monoisotopic (exact) mass is 271 g/mol. The Bertz CT molecular complexity index is 416. The summed E-state index contributed by atoms with van der Waals surface area (Å²) in [7, 11) is 0. The van der Waals surface area contributed by atoms with Gasteiger partial charge in [0, 0.05) is 13.1 Å². The van der Waals surface area contributed by atoms with Gasteiger partial charge in [-0.1, -0.05) is 19.8 Å². The smallest absolute Gasteiger partial charge is 0.194 e. The third-order valence-corrected chi connectivity index (χ3v) is 4.29. The zero-order chi connectivity index (χ0) is 13.9. The van der Waals surface area contributed by atoms with Gasteiger partial charge in [-0.25, -0.2) is 13.2 Å². The van der Waals surface area contributed by atoms with Gasteiger partial charge in [0.15, 0.2) is 17.5 Å². The van der Waals surface area contributed by atoms with E-state index in [1.54, 1.807) is 0 Å². The second-order valence-corrected chi connectivity index (χ2v) is 5.54. The van der Waals surface area contributed by atoms with Gasteiger partial charge in [-0.15, -0.1) is 0 Å². The normalized spacial score (nSPS) is 17.9. The van der Waals surface area contributed by atoms with Crippen molar-refractivity contribution in [1.29, 1.82) is 0 Å². The lowest BCUT2D eigenvalue weighted by Gasteiger charge is -2.27. The number of rotatable bonds is 5. The third-order valence-electron chi connectivity index (χ3n) is 4.29. The van der Waals surface area contributed by atoms with Crippen molar-refractivity contribution < 1.29 is 13.2 Å². The van der Waals surface area contributed by atoms with Crippen LogP contribution in [0.4, 0.5) is 13.2 Å². The SMILES string of the molecule is CCC1(CNCc2cc(F)c(F)c(F)c2)CCCC1. The molecule has 0 unspecified atom stereocenters. The molecule has 19 heavy (non-hydrogen) atoms. The van der Waals surface area contributed by atoms with Crippen molar-refractivity contribution in [3.05, 3.63) is 35.1 Å². The molecule has 1 aliphatic carbocycles. The highest BCUT2D eigenvalue weighted by atomic mass is 19.2. The molecule has 0 saturated heterocycles. The highest BCUT2D eigenvalue weighted by Gasteiger charge is 2.31. The number of nitrogens with one attached hydrogen (secondary N) is 1. The lowest BCUT2D eigenvalue weighted by Crippen LogP contribution is -2.31. The summed E-state index contributed by atoms with van der Waals surface area (Å²) in [6, 6.07) is 2.11. The predicted octanol–water partition coefficient (Wildman–Crippen LogP) is 4.16. The first-order chi connectivity index (χ1) is 9.06. The molecule has 1 aromatic rings. The van der Waals surface area contributed by atoms with Crippen molar-refractivity contribution in [2.24, 2.45) is 5.41 Å². The van der Waals surface area contributed by atoms with Crippen LogP contribution in [0.3, 0.4) is 0 Å². The van der Waals surface area contributed by atoms with Crippen LogP contribution in [0.5, 0.6) is 0 Å². The Labute approximate surface area is 112 Å². The first kappa shape index (κ1) is 14.4.